The van der Waals surface area contributed by atoms with Crippen LogP contribution >= 0.6 is 0 Å². The summed E-state index contributed by atoms with van der Waals surface area (Å²) in [6.07, 6.45) is 0. The number of hydrogen-bond acceptors (Lipinski definition) is 4. The Labute approximate surface area is 144 Å². The van der Waals surface area contributed by atoms with Crippen molar-refractivity contribution < 1.29 is 18.7 Å². The molecule has 0 saturated carbocycles. The van der Waals surface area contributed by atoms with Crippen LogP contribution in [0.3, 0.4) is 0 Å². The van der Waals surface area contributed by atoms with E-state index in [1.807, 2.05) is 6.07 Å². The van der Waals surface area contributed by atoms with E-state index < -0.39 is 5.91 Å². The number of nitrogens with one attached hydrogen (secondary N) is 1. The number of rotatable bonds is 6. The van der Waals surface area contributed by atoms with Gasteiger partial charge in [-0.1, -0.05) is 30.3 Å². The molecule has 1 N–H and O–H groups in total. The molecule has 1 heterocycles. The van der Waals surface area contributed by atoms with E-state index >= 15 is 0 Å². The number of carbonyl (C=O) groups excluding carboxylic acids is 2. The van der Waals surface area contributed by atoms with Crippen molar-refractivity contribution in [3.8, 4) is 0 Å². The first-order valence-electron chi connectivity index (χ1n) is 7.79. The summed E-state index contributed by atoms with van der Waals surface area (Å²) in [7, 11) is 1.51. The third-order valence-electron chi connectivity index (χ3n) is 3.86. The summed E-state index contributed by atoms with van der Waals surface area (Å²) >= 11 is 0. The van der Waals surface area contributed by atoms with Gasteiger partial charge in [0.25, 0.3) is 11.8 Å². The van der Waals surface area contributed by atoms with Gasteiger partial charge < -0.3 is 10.1 Å². The first kappa shape index (κ1) is 16.9. The van der Waals surface area contributed by atoms with Crippen molar-refractivity contribution >= 4 is 23.1 Å². The van der Waals surface area contributed by atoms with Crippen LogP contribution in [0, 0.1) is 5.82 Å². The summed E-state index contributed by atoms with van der Waals surface area (Å²) in [5.74, 6) is -1.18. The molecule has 2 aromatic carbocycles. The number of imide groups is 1. The van der Waals surface area contributed by atoms with Gasteiger partial charge in [0.15, 0.2) is 0 Å². The molecule has 0 spiro atoms. The largest absolute Gasteiger partial charge is 0.383 e. The summed E-state index contributed by atoms with van der Waals surface area (Å²) in [5.41, 5.74) is 1.65. The van der Waals surface area contributed by atoms with E-state index in [-0.39, 0.29) is 30.6 Å². The molecule has 25 heavy (non-hydrogen) atoms. The van der Waals surface area contributed by atoms with Crippen LogP contribution in [-0.4, -0.2) is 37.0 Å². The number of nitrogens with zero attached hydrogens (tertiary/aromatic N) is 1. The van der Waals surface area contributed by atoms with Crippen molar-refractivity contribution in [2.75, 3.05) is 25.6 Å². The Morgan fingerprint density at radius 1 is 1.00 bits per heavy atom. The first-order chi connectivity index (χ1) is 12.1. The fraction of sp³-hybridized carbons (Fsp3) is 0.158. The monoisotopic (exact) mass is 340 g/mol. The molecular weight excluding hydrogens is 323 g/mol. The van der Waals surface area contributed by atoms with Crippen molar-refractivity contribution in [1.82, 2.24) is 4.90 Å². The highest BCUT2D eigenvalue weighted by atomic mass is 19.1. The topological polar surface area (TPSA) is 58.6 Å². The average molecular weight is 340 g/mol. The number of methoxy groups -OCH3 is 1. The minimum Gasteiger partial charge on any atom is -0.383 e. The Hall–Kier alpha value is -2.99. The maximum absolute atomic E-state index is 13.1. The molecule has 1 aliphatic heterocycles. The van der Waals surface area contributed by atoms with Gasteiger partial charge in [-0.3, -0.25) is 14.5 Å². The molecule has 6 heteroatoms. The lowest BCUT2D eigenvalue weighted by molar-refractivity contribution is -0.137. The molecule has 0 aromatic heterocycles. The summed E-state index contributed by atoms with van der Waals surface area (Å²) in [6.45, 7) is 0.419. The smallest absolute Gasteiger partial charge is 0.278 e. The molecule has 0 atom stereocenters. The van der Waals surface area contributed by atoms with Gasteiger partial charge in [0.1, 0.15) is 11.5 Å². The Bertz CT molecular complexity index is 816. The van der Waals surface area contributed by atoms with E-state index in [1.165, 1.54) is 31.4 Å². The third-order valence-corrected chi connectivity index (χ3v) is 3.86. The lowest BCUT2D eigenvalue weighted by atomic mass is 10.0. The van der Waals surface area contributed by atoms with Crippen LogP contribution in [0.5, 0.6) is 0 Å². The van der Waals surface area contributed by atoms with Crippen molar-refractivity contribution in [2.24, 2.45) is 0 Å². The molecule has 0 aliphatic carbocycles. The van der Waals surface area contributed by atoms with Crippen LogP contribution in [0.4, 0.5) is 10.1 Å². The normalized spacial score (nSPS) is 14.4. The lowest BCUT2D eigenvalue weighted by Gasteiger charge is -2.14. The van der Waals surface area contributed by atoms with E-state index in [0.29, 0.717) is 16.8 Å². The molecule has 3 rings (SSSR count). The fourth-order valence-corrected chi connectivity index (χ4v) is 2.63. The van der Waals surface area contributed by atoms with Gasteiger partial charge in [0.2, 0.25) is 0 Å². The van der Waals surface area contributed by atoms with Gasteiger partial charge >= 0.3 is 0 Å². The van der Waals surface area contributed by atoms with Gasteiger partial charge in [-0.25, -0.2) is 4.39 Å². The van der Waals surface area contributed by atoms with E-state index in [0.717, 1.165) is 4.90 Å². The van der Waals surface area contributed by atoms with E-state index in [9.17, 15) is 14.0 Å². The van der Waals surface area contributed by atoms with E-state index in [1.54, 1.807) is 24.3 Å². The quantitative estimate of drug-likeness (QED) is 0.822. The van der Waals surface area contributed by atoms with Gasteiger partial charge in [-0.05, 0) is 29.8 Å². The number of carbonyl (C=O) groups is 2. The number of ether oxygens (including phenoxy) is 1. The molecule has 0 fully saturated rings. The van der Waals surface area contributed by atoms with Crippen LogP contribution < -0.4 is 5.32 Å². The van der Waals surface area contributed by atoms with Crippen molar-refractivity contribution in [3.63, 3.8) is 0 Å². The van der Waals surface area contributed by atoms with Gasteiger partial charge in [-0.2, -0.15) is 0 Å². The van der Waals surface area contributed by atoms with Gasteiger partial charge in [0.05, 0.1) is 18.7 Å². The summed E-state index contributed by atoms with van der Waals surface area (Å²) in [6, 6.07) is 14.6. The van der Waals surface area contributed by atoms with Gasteiger partial charge in [0, 0.05) is 12.8 Å². The number of anilines is 1. The highest BCUT2D eigenvalue weighted by molar-refractivity contribution is 6.36. The molecule has 0 saturated heterocycles. The predicted octanol–water partition coefficient (Wildman–Crippen LogP) is 2.66. The zero-order chi connectivity index (χ0) is 17.8. The highest BCUT2D eigenvalue weighted by Crippen LogP contribution is 2.30. The second kappa shape index (κ2) is 7.27. The summed E-state index contributed by atoms with van der Waals surface area (Å²) in [4.78, 5) is 26.7. The minimum absolute atomic E-state index is 0.166. The Kier molecular flexibility index (Phi) is 4.90. The maximum atomic E-state index is 13.1. The van der Waals surface area contributed by atoms with Crippen LogP contribution in [0.15, 0.2) is 60.3 Å². The minimum atomic E-state index is -0.426. The maximum Gasteiger partial charge on any atom is 0.278 e. The zero-order valence-electron chi connectivity index (χ0n) is 13.7. The molecule has 2 aromatic rings. The Balaban J connectivity index is 2.00. The number of halogens is 1. The van der Waals surface area contributed by atoms with E-state index in [4.69, 9.17) is 4.74 Å². The van der Waals surface area contributed by atoms with Crippen molar-refractivity contribution in [3.05, 3.63) is 71.7 Å². The fourth-order valence-electron chi connectivity index (χ4n) is 2.63. The predicted molar refractivity (Wildman–Crippen MR) is 92.0 cm³/mol. The summed E-state index contributed by atoms with van der Waals surface area (Å²) in [5, 5.41) is 2.96. The van der Waals surface area contributed by atoms with Crippen LogP contribution in [-0.2, 0) is 14.3 Å². The number of amides is 2. The molecule has 128 valence electrons. The standard InChI is InChI=1S/C19H17FN2O3/c1-25-12-11-22-18(23)16(13-5-3-2-4-6-13)17(19(22)24)21-15-9-7-14(20)8-10-15/h2-10,21H,11-12H2,1H3. The molecule has 0 radical (unpaired) electrons. The number of benzene rings is 2. The SMILES string of the molecule is COCCN1C(=O)C(Nc2ccc(F)cc2)=C(c2ccccc2)C1=O. The molecule has 1 aliphatic rings. The van der Waals surface area contributed by atoms with Crippen LogP contribution in [0.25, 0.3) is 5.57 Å². The second-order valence-corrected chi connectivity index (χ2v) is 5.50. The van der Waals surface area contributed by atoms with Gasteiger partial charge in [-0.15, -0.1) is 0 Å². The summed E-state index contributed by atoms with van der Waals surface area (Å²) < 4.78 is 18.1. The zero-order valence-corrected chi connectivity index (χ0v) is 13.7. The molecule has 2 amide bonds. The number of hydrogen-bond donors (Lipinski definition) is 1. The second-order valence-electron chi connectivity index (χ2n) is 5.50. The van der Waals surface area contributed by atoms with Crippen LogP contribution in [0.2, 0.25) is 0 Å². The molecule has 0 unspecified atom stereocenters. The molecule has 5 nitrogen and oxygen atoms in total. The lowest BCUT2D eigenvalue weighted by Crippen LogP contribution is -2.35. The van der Waals surface area contributed by atoms with Crippen molar-refractivity contribution in [2.45, 2.75) is 0 Å². The van der Waals surface area contributed by atoms with Crippen molar-refractivity contribution in [1.29, 1.82) is 0 Å². The van der Waals surface area contributed by atoms with Crippen LogP contribution in [0.1, 0.15) is 5.56 Å². The molecular formula is C19H17FN2O3. The Morgan fingerprint density at radius 3 is 2.32 bits per heavy atom. The third kappa shape index (κ3) is 3.44. The first-order valence-corrected chi connectivity index (χ1v) is 7.79. The molecule has 0 bridgehead atoms. The van der Waals surface area contributed by atoms with E-state index in [2.05, 4.69) is 5.32 Å². The average Bonchev–Trinajstić information content (AvgIpc) is 2.86. The Morgan fingerprint density at radius 2 is 1.68 bits per heavy atom. The highest BCUT2D eigenvalue weighted by Gasteiger charge is 2.38.